The summed E-state index contributed by atoms with van der Waals surface area (Å²) in [5, 5.41) is 7.07. The third-order valence-electron chi connectivity index (χ3n) is 6.14. The van der Waals surface area contributed by atoms with Crippen molar-refractivity contribution in [3.8, 4) is 0 Å². The Morgan fingerprint density at radius 3 is 2.00 bits per heavy atom. The summed E-state index contributed by atoms with van der Waals surface area (Å²) in [5.74, 6) is -0.0175. The minimum atomic E-state index is -5.05. The van der Waals surface area contributed by atoms with E-state index in [0.29, 0.717) is 24.2 Å². The lowest BCUT2D eigenvalue weighted by molar-refractivity contribution is -0.143. The van der Waals surface area contributed by atoms with Crippen LogP contribution in [0.15, 0.2) is 41.5 Å². The molecular formula is C22H21F9N6. The highest BCUT2D eigenvalue weighted by Gasteiger charge is 2.39. The summed E-state index contributed by atoms with van der Waals surface area (Å²) in [6, 6.07) is 3.18. The number of nitrogens with zero attached hydrogens (tertiary/aromatic N) is 2. The van der Waals surface area contributed by atoms with Gasteiger partial charge in [0.2, 0.25) is 5.96 Å². The number of nitrogens with one attached hydrogen (secondary N) is 4. The van der Waals surface area contributed by atoms with Gasteiger partial charge in [0.05, 0.1) is 22.7 Å². The third-order valence-corrected chi connectivity index (χ3v) is 6.14. The molecule has 2 aliphatic heterocycles. The standard InChI is InChI=1S/C22H21F9N6/c1-2-15-9-18(16-8-12(20(23,24)25)3-4-17(16)32-15)37(19-33-35-36-34-19)10-11-5-13(21(26,27)28)7-14(6-11)22(29,30)31/h3-8,15,18,32,35-36H,2,9-10H2,1H3,(H,33,34)/t15-,18+/m1/s1. The molecule has 37 heavy (non-hydrogen) atoms. The molecule has 6 nitrogen and oxygen atoms in total. The summed E-state index contributed by atoms with van der Waals surface area (Å²) in [4.78, 5) is 1.34. The molecule has 0 aromatic heterocycles. The summed E-state index contributed by atoms with van der Waals surface area (Å²) < 4.78 is 121. The molecule has 0 amide bonds. The maximum atomic E-state index is 13.5. The molecule has 4 rings (SSSR count). The van der Waals surface area contributed by atoms with Crippen molar-refractivity contribution in [1.82, 2.24) is 21.4 Å². The van der Waals surface area contributed by atoms with Crippen molar-refractivity contribution in [2.24, 2.45) is 5.10 Å². The fraction of sp³-hybridized carbons (Fsp3) is 0.409. The molecule has 0 spiro atoms. The number of hydrazine groups is 2. The summed E-state index contributed by atoms with van der Waals surface area (Å²) in [5.41, 5.74) is 3.67. The van der Waals surface area contributed by atoms with Crippen LogP contribution >= 0.6 is 0 Å². The minimum Gasteiger partial charge on any atom is -0.382 e. The van der Waals surface area contributed by atoms with Crippen molar-refractivity contribution < 1.29 is 39.5 Å². The van der Waals surface area contributed by atoms with Crippen molar-refractivity contribution in [3.05, 3.63) is 64.2 Å². The number of benzene rings is 2. The number of halogens is 9. The van der Waals surface area contributed by atoms with Crippen LogP contribution in [-0.4, -0.2) is 16.9 Å². The molecule has 4 N–H and O–H groups in total. The predicted molar refractivity (Wildman–Crippen MR) is 115 cm³/mol. The monoisotopic (exact) mass is 540 g/mol. The molecule has 202 valence electrons. The van der Waals surface area contributed by atoms with Crippen LogP contribution in [0.25, 0.3) is 0 Å². The zero-order valence-corrected chi connectivity index (χ0v) is 19.0. The van der Waals surface area contributed by atoms with E-state index in [9.17, 15) is 39.5 Å². The molecule has 0 bridgehead atoms. The molecule has 2 atom stereocenters. The molecule has 0 aliphatic carbocycles. The summed E-state index contributed by atoms with van der Waals surface area (Å²) >= 11 is 0. The number of hydrazone groups is 1. The van der Waals surface area contributed by atoms with Gasteiger partial charge in [-0.15, -0.1) is 10.6 Å². The second kappa shape index (κ2) is 9.50. The van der Waals surface area contributed by atoms with Gasteiger partial charge in [-0.3, -0.25) is 5.43 Å². The lowest BCUT2D eigenvalue weighted by Gasteiger charge is -2.40. The maximum Gasteiger partial charge on any atom is 0.416 e. The number of rotatable bonds is 4. The summed E-state index contributed by atoms with van der Waals surface area (Å²) in [6.45, 7) is 1.32. The largest absolute Gasteiger partial charge is 0.416 e. The Hall–Kier alpha value is -3.36. The van der Waals surface area contributed by atoms with E-state index in [1.54, 1.807) is 0 Å². The highest BCUT2D eigenvalue weighted by atomic mass is 19.4. The van der Waals surface area contributed by atoms with E-state index in [0.717, 1.165) is 12.1 Å². The van der Waals surface area contributed by atoms with Crippen LogP contribution in [0.2, 0.25) is 0 Å². The molecule has 2 heterocycles. The van der Waals surface area contributed by atoms with Crippen molar-refractivity contribution in [1.29, 1.82) is 0 Å². The summed E-state index contributed by atoms with van der Waals surface area (Å²) in [7, 11) is 0. The third kappa shape index (κ3) is 5.81. The first-order valence-electron chi connectivity index (χ1n) is 11.0. The van der Waals surface area contributed by atoms with Crippen molar-refractivity contribution in [2.75, 3.05) is 5.32 Å². The maximum absolute atomic E-state index is 13.5. The molecule has 2 aromatic carbocycles. The van der Waals surface area contributed by atoms with Gasteiger partial charge in [0.1, 0.15) is 0 Å². The number of anilines is 1. The lowest BCUT2D eigenvalue weighted by Crippen LogP contribution is -2.47. The molecule has 0 fully saturated rings. The van der Waals surface area contributed by atoms with E-state index in [1.807, 2.05) is 6.92 Å². The number of alkyl halides is 9. The van der Waals surface area contributed by atoms with Crippen LogP contribution in [0, 0.1) is 0 Å². The van der Waals surface area contributed by atoms with Crippen molar-refractivity contribution >= 4 is 11.6 Å². The molecule has 2 aliphatic rings. The molecule has 0 radical (unpaired) electrons. The van der Waals surface area contributed by atoms with Gasteiger partial charge in [-0.1, -0.05) is 6.92 Å². The van der Waals surface area contributed by atoms with Crippen LogP contribution in [-0.2, 0) is 25.1 Å². The smallest absolute Gasteiger partial charge is 0.382 e. The van der Waals surface area contributed by atoms with Crippen LogP contribution in [0.1, 0.15) is 53.6 Å². The number of hydrogen-bond donors (Lipinski definition) is 4. The average Bonchev–Trinajstić information content (AvgIpc) is 3.34. The highest BCUT2D eigenvalue weighted by molar-refractivity contribution is 5.81. The van der Waals surface area contributed by atoms with E-state index < -0.39 is 47.8 Å². The van der Waals surface area contributed by atoms with Gasteiger partial charge < -0.3 is 10.2 Å². The van der Waals surface area contributed by atoms with Gasteiger partial charge in [-0.05, 0) is 60.4 Å². The van der Waals surface area contributed by atoms with Crippen molar-refractivity contribution in [2.45, 2.75) is 56.9 Å². The summed E-state index contributed by atoms with van der Waals surface area (Å²) in [6.07, 6.45) is -14.0. The zero-order chi connectivity index (χ0) is 27.2. The Labute approximate surface area is 204 Å². The van der Waals surface area contributed by atoms with Crippen LogP contribution in [0.5, 0.6) is 0 Å². The zero-order valence-electron chi connectivity index (χ0n) is 19.0. The van der Waals surface area contributed by atoms with E-state index in [4.69, 9.17) is 0 Å². The molecule has 0 unspecified atom stereocenters. The van der Waals surface area contributed by atoms with Gasteiger partial charge >= 0.3 is 18.5 Å². The van der Waals surface area contributed by atoms with E-state index in [2.05, 4.69) is 26.9 Å². The Kier molecular flexibility index (Phi) is 6.86. The Morgan fingerprint density at radius 2 is 1.49 bits per heavy atom. The fourth-order valence-electron chi connectivity index (χ4n) is 4.35. The minimum absolute atomic E-state index is 0.0175. The Bertz CT molecular complexity index is 1140. The number of fused-ring (bicyclic) bond motifs is 1. The Morgan fingerprint density at radius 1 is 0.865 bits per heavy atom. The second-order valence-corrected chi connectivity index (χ2v) is 8.64. The quantitative estimate of drug-likeness (QED) is 0.372. The first-order chi connectivity index (χ1) is 17.2. The fourth-order valence-corrected chi connectivity index (χ4v) is 4.35. The van der Waals surface area contributed by atoms with Gasteiger partial charge in [-0.2, -0.15) is 39.5 Å². The van der Waals surface area contributed by atoms with Gasteiger partial charge in [0.25, 0.3) is 0 Å². The molecular weight excluding hydrogens is 519 g/mol. The van der Waals surface area contributed by atoms with E-state index in [-0.39, 0.29) is 35.6 Å². The number of guanidine groups is 1. The Balaban J connectivity index is 1.83. The molecule has 0 saturated carbocycles. The van der Waals surface area contributed by atoms with Crippen LogP contribution < -0.4 is 21.8 Å². The number of hydrogen-bond acceptors (Lipinski definition) is 6. The highest BCUT2D eigenvalue weighted by Crippen LogP contribution is 2.42. The van der Waals surface area contributed by atoms with E-state index in [1.165, 1.54) is 11.0 Å². The van der Waals surface area contributed by atoms with Gasteiger partial charge in [-0.25, -0.2) is 5.53 Å². The van der Waals surface area contributed by atoms with Crippen LogP contribution in [0.4, 0.5) is 45.2 Å². The van der Waals surface area contributed by atoms with Crippen LogP contribution in [0.3, 0.4) is 0 Å². The lowest BCUT2D eigenvalue weighted by atomic mass is 9.89. The molecule has 2 aromatic rings. The van der Waals surface area contributed by atoms with Gasteiger partial charge in [0, 0.05) is 18.3 Å². The first kappa shape index (κ1) is 26.7. The average molecular weight is 540 g/mol. The first-order valence-corrected chi connectivity index (χ1v) is 11.0. The van der Waals surface area contributed by atoms with E-state index >= 15 is 0 Å². The van der Waals surface area contributed by atoms with Crippen molar-refractivity contribution in [3.63, 3.8) is 0 Å². The van der Waals surface area contributed by atoms with Gasteiger partial charge in [0.15, 0.2) is 0 Å². The topological polar surface area (TPSA) is 63.7 Å². The predicted octanol–water partition coefficient (Wildman–Crippen LogP) is 5.76. The second-order valence-electron chi connectivity index (χ2n) is 8.64. The molecule has 0 saturated heterocycles. The molecule has 15 heteroatoms. The SMILES string of the molecule is CC[C@@H]1C[C@H](N(Cc2cc(C(F)(F)F)cc(C(F)(F)F)c2)C2=NNNN2)c2cc(C(F)(F)F)ccc2N1. The normalized spacial score (nSPS) is 19.9.